The lowest BCUT2D eigenvalue weighted by Crippen LogP contribution is -1.85. The van der Waals surface area contributed by atoms with Gasteiger partial charge < -0.3 is 0 Å². The molecule has 0 aromatic rings. The van der Waals surface area contributed by atoms with E-state index < -0.39 is 0 Å². The summed E-state index contributed by atoms with van der Waals surface area (Å²) in [5.74, 6) is 0. The normalized spacial score (nSPS) is 9.50. The van der Waals surface area contributed by atoms with Crippen LogP contribution in [0.2, 0.25) is 0 Å². The topological polar surface area (TPSA) is 0 Å². The van der Waals surface area contributed by atoms with Crippen molar-refractivity contribution < 1.29 is 0 Å². The Bertz CT molecular complexity index is 66.1. The Morgan fingerprint density at radius 1 is 1.00 bits per heavy atom. The molecule has 0 aliphatic carbocycles. The van der Waals surface area contributed by atoms with Gasteiger partial charge in [-0.2, -0.15) is 0 Å². The van der Waals surface area contributed by atoms with Gasteiger partial charge in [-0.15, -0.1) is 46.4 Å². The van der Waals surface area contributed by atoms with Crippen LogP contribution < -0.4 is 0 Å². The van der Waals surface area contributed by atoms with Crippen molar-refractivity contribution in [3.05, 3.63) is 0 Å². The predicted octanol–water partition coefficient (Wildman–Crippen LogP) is 5.18. The smallest absolute Gasteiger partial charge is 0.107 e. The van der Waals surface area contributed by atoms with E-state index >= 15 is 0 Å². The molecule has 0 spiro atoms. The molecule has 0 saturated heterocycles. The van der Waals surface area contributed by atoms with Gasteiger partial charge in [-0.25, -0.2) is 0 Å². The van der Waals surface area contributed by atoms with Crippen LogP contribution in [0, 0.1) is 0 Å². The standard InChI is InChI=1S/C7H14Cl2.CH2Cl2/c1-2-3-4-5-6-7(8)9;2-1-3/h7H,2-6H2,1H3;1H2. The molecule has 12 heavy (non-hydrogen) atoms. The average molecular weight is 254 g/mol. The molecule has 0 bridgehead atoms. The summed E-state index contributed by atoms with van der Waals surface area (Å²) in [6.45, 7) is 2.19. The molecule has 0 atom stereocenters. The minimum atomic E-state index is -0.151. The Morgan fingerprint density at radius 2 is 1.50 bits per heavy atom. The predicted molar refractivity (Wildman–Crippen MR) is 60.8 cm³/mol. The largest absolute Gasteiger partial charge is 0.109 e. The van der Waals surface area contributed by atoms with Crippen molar-refractivity contribution in [2.75, 3.05) is 5.34 Å². The summed E-state index contributed by atoms with van der Waals surface area (Å²) in [5, 5.41) is 0.194. The Kier molecular flexibility index (Phi) is 19.1. The maximum absolute atomic E-state index is 5.52. The highest BCUT2D eigenvalue weighted by atomic mass is 35.5. The molecule has 76 valence electrons. The first-order valence-electron chi connectivity index (χ1n) is 4.09. The van der Waals surface area contributed by atoms with Gasteiger partial charge in [0.15, 0.2) is 0 Å². The summed E-state index contributed by atoms with van der Waals surface area (Å²) in [6.07, 6.45) is 5.97. The molecule has 0 amide bonds. The molecule has 0 N–H and O–H groups in total. The molecular weight excluding hydrogens is 238 g/mol. The van der Waals surface area contributed by atoms with Gasteiger partial charge >= 0.3 is 0 Å². The van der Waals surface area contributed by atoms with Crippen LogP contribution in [0.3, 0.4) is 0 Å². The zero-order chi connectivity index (χ0) is 9.82. The summed E-state index contributed by atoms with van der Waals surface area (Å²) < 4.78 is 0. The number of hydrogen-bond acceptors (Lipinski definition) is 0. The number of alkyl halides is 4. The van der Waals surface area contributed by atoms with Crippen LogP contribution in [-0.4, -0.2) is 10.2 Å². The minimum absolute atomic E-state index is 0.151. The zero-order valence-corrected chi connectivity index (χ0v) is 10.4. The van der Waals surface area contributed by atoms with Gasteiger partial charge in [0.2, 0.25) is 0 Å². The van der Waals surface area contributed by atoms with Gasteiger partial charge in [0, 0.05) is 0 Å². The summed E-state index contributed by atoms with van der Waals surface area (Å²) in [5.41, 5.74) is 0. The van der Waals surface area contributed by atoms with Crippen molar-refractivity contribution in [1.82, 2.24) is 0 Å². The second-order valence-corrected chi connectivity index (χ2v) is 4.43. The van der Waals surface area contributed by atoms with E-state index in [0.29, 0.717) is 0 Å². The van der Waals surface area contributed by atoms with Gasteiger partial charge in [0.25, 0.3) is 0 Å². The van der Waals surface area contributed by atoms with Crippen LogP contribution in [0.4, 0.5) is 0 Å². The molecule has 0 fully saturated rings. The molecule has 0 nitrogen and oxygen atoms in total. The highest BCUT2D eigenvalue weighted by molar-refractivity contribution is 6.44. The molecular formula is C8H16Cl4. The first kappa shape index (κ1) is 15.6. The van der Waals surface area contributed by atoms with E-state index in [0.717, 1.165) is 6.42 Å². The molecule has 0 heterocycles. The second kappa shape index (κ2) is 14.7. The molecule has 0 unspecified atom stereocenters. The Morgan fingerprint density at radius 3 is 1.83 bits per heavy atom. The fourth-order valence-electron chi connectivity index (χ4n) is 0.725. The second-order valence-electron chi connectivity index (χ2n) is 2.34. The first-order valence-corrected chi connectivity index (χ1v) is 6.03. The maximum atomic E-state index is 5.52. The van der Waals surface area contributed by atoms with E-state index in [9.17, 15) is 0 Å². The highest BCUT2D eigenvalue weighted by Crippen LogP contribution is 2.12. The van der Waals surface area contributed by atoms with Gasteiger partial charge in [0.1, 0.15) is 4.84 Å². The fraction of sp³-hybridized carbons (Fsp3) is 1.00. The Balaban J connectivity index is 0. The summed E-state index contributed by atoms with van der Waals surface area (Å²) >= 11 is 20.6. The zero-order valence-electron chi connectivity index (χ0n) is 7.33. The van der Waals surface area contributed by atoms with E-state index in [-0.39, 0.29) is 10.2 Å². The Labute approximate surface area is 95.5 Å². The van der Waals surface area contributed by atoms with Crippen LogP contribution in [0.5, 0.6) is 0 Å². The number of hydrogen-bond donors (Lipinski definition) is 0. The van der Waals surface area contributed by atoms with E-state index in [1.54, 1.807) is 0 Å². The number of rotatable bonds is 5. The third-order valence-corrected chi connectivity index (χ3v) is 1.71. The lowest BCUT2D eigenvalue weighted by Gasteiger charge is -1.98. The monoisotopic (exact) mass is 252 g/mol. The third kappa shape index (κ3) is 22.5. The fourth-order valence-corrected chi connectivity index (χ4v) is 1.03. The van der Waals surface area contributed by atoms with Crippen molar-refractivity contribution in [1.29, 1.82) is 0 Å². The molecule has 0 radical (unpaired) electrons. The van der Waals surface area contributed by atoms with E-state index in [1.807, 2.05) is 0 Å². The first-order chi connectivity index (χ1) is 5.68. The average Bonchev–Trinajstić information content (AvgIpc) is 1.99. The van der Waals surface area contributed by atoms with Crippen LogP contribution in [0.25, 0.3) is 0 Å². The quantitative estimate of drug-likeness (QED) is 0.468. The van der Waals surface area contributed by atoms with Gasteiger partial charge in [-0.1, -0.05) is 32.6 Å². The van der Waals surface area contributed by atoms with Crippen LogP contribution in [0.1, 0.15) is 39.0 Å². The molecule has 4 heteroatoms. The van der Waals surface area contributed by atoms with Crippen LogP contribution >= 0.6 is 46.4 Å². The summed E-state index contributed by atoms with van der Waals surface area (Å²) in [7, 11) is 0. The van der Waals surface area contributed by atoms with Crippen molar-refractivity contribution in [3.63, 3.8) is 0 Å². The number of halogens is 4. The highest BCUT2D eigenvalue weighted by Gasteiger charge is 1.96. The number of unbranched alkanes of at least 4 members (excludes halogenated alkanes) is 3. The van der Waals surface area contributed by atoms with Gasteiger partial charge in [0.05, 0.1) is 5.34 Å². The van der Waals surface area contributed by atoms with E-state index in [4.69, 9.17) is 46.4 Å². The lowest BCUT2D eigenvalue weighted by atomic mass is 10.2. The van der Waals surface area contributed by atoms with Crippen LogP contribution in [0.15, 0.2) is 0 Å². The SMILES string of the molecule is CCCCCCC(Cl)Cl.ClCCl. The van der Waals surface area contributed by atoms with Gasteiger partial charge in [-0.05, 0) is 6.42 Å². The van der Waals surface area contributed by atoms with Crippen molar-refractivity contribution in [3.8, 4) is 0 Å². The van der Waals surface area contributed by atoms with Crippen molar-refractivity contribution >= 4 is 46.4 Å². The van der Waals surface area contributed by atoms with Crippen molar-refractivity contribution in [2.45, 2.75) is 43.9 Å². The van der Waals surface area contributed by atoms with Gasteiger partial charge in [-0.3, -0.25) is 0 Å². The molecule has 0 rings (SSSR count). The third-order valence-electron chi connectivity index (χ3n) is 1.28. The molecule has 0 aromatic heterocycles. The Hall–Kier alpha value is 1.16. The molecule has 0 aliphatic heterocycles. The molecule has 0 saturated carbocycles. The van der Waals surface area contributed by atoms with Crippen molar-refractivity contribution in [2.24, 2.45) is 0 Å². The minimum Gasteiger partial charge on any atom is -0.109 e. The summed E-state index contributed by atoms with van der Waals surface area (Å²) in [4.78, 5) is -0.151. The molecule has 0 aliphatic rings. The molecule has 0 aromatic carbocycles. The lowest BCUT2D eigenvalue weighted by molar-refractivity contribution is 0.650. The maximum Gasteiger partial charge on any atom is 0.107 e. The summed E-state index contributed by atoms with van der Waals surface area (Å²) in [6, 6.07) is 0. The van der Waals surface area contributed by atoms with E-state index in [2.05, 4.69) is 6.92 Å². The van der Waals surface area contributed by atoms with Crippen LogP contribution in [-0.2, 0) is 0 Å². The van der Waals surface area contributed by atoms with E-state index in [1.165, 1.54) is 25.7 Å².